The highest BCUT2D eigenvalue weighted by Crippen LogP contribution is 2.24. The van der Waals surface area contributed by atoms with Gasteiger partial charge in [0.15, 0.2) is 6.61 Å². The molecule has 0 aromatic heterocycles. The summed E-state index contributed by atoms with van der Waals surface area (Å²) >= 11 is 0. The summed E-state index contributed by atoms with van der Waals surface area (Å²) in [6, 6.07) is 20.0. The number of ether oxygens (including phenoxy) is 2. The second kappa shape index (κ2) is 12.0. The largest absolute Gasteiger partial charge is 0.482 e. The Morgan fingerprint density at radius 3 is 2.25 bits per heavy atom. The summed E-state index contributed by atoms with van der Waals surface area (Å²) in [4.78, 5) is 24.0. The van der Waals surface area contributed by atoms with Crippen LogP contribution in [0.1, 0.15) is 16.7 Å². The van der Waals surface area contributed by atoms with E-state index < -0.39 is 28.4 Å². The van der Waals surface area contributed by atoms with Gasteiger partial charge in [0.05, 0.1) is 23.9 Å². The number of hydrazone groups is 1. The molecule has 10 heteroatoms. The van der Waals surface area contributed by atoms with Crippen molar-refractivity contribution in [1.82, 2.24) is 5.43 Å². The van der Waals surface area contributed by atoms with Crippen molar-refractivity contribution in [2.75, 3.05) is 24.6 Å². The number of amides is 1. The molecule has 0 heterocycles. The van der Waals surface area contributed by atoms with Gasteiger partial charge in [0.2, 0.25) is 0 Å². The molecule has 0 aliphatic carbocycles. The lowest BCUT2D eigenvalue weighted by molar-refractivity contribution is -0.142. The highest BCUT2D eigenvalue weighted by atomic mass is 32.2. The quantitative estimate of drug-likeness (QED) is 0.255. The fourth-order valence-corrected chi connectivity index (χ4v) is 4.51. The van der Waals surface area contributed by atoms with E-state index in [-0.39, 0.29) is 11.5 Å². The first kappa shape index (κ1) is 26.4. The van der Waals surface area contributed by atoms with Gasteiger partial charge in [-0.3, -0.25) is 9.10 Å². The Hall–Kier alpha value is -4.18. The first-order valence-electron chi connectivity index (χ1n) is 11.0. The Labute approximate surface area is 210 Å². The van der Waals surface area contributed by atoms with Crippen LogP contribution in [0.3, 0.4) is 0 Å². The molecule has 0 unspecified atom stereocenters. The fraction of sp³-hybridized carbons (Fsp3) is 0.192. The van der Waals surface area contributed by atoms with Crippen molar-refractivity contribution in [2.45, 2.75) is 18.7 Å². The minimum absolute atomic E-state index is 0.0775. The zero-order chi connectivity index (χ0) is 26.1. The lowest BCUT2D eigenvalue weighted by atomic mass is 10.2. The summed E-state index contributed by atoms with van der Waals surface area (Å²) in [6.07, 6.45) is 1.38. The number of methoxy groups -OCH3 is 1. The van der Waals surface area contributed by atoms with Crippen molar-refractivity contribution >= 4 is 33.8 Å². The number of benzene rings is 3. The van der Waals surface area contributed by atoms with Gasteiger partial charge in [-0.15, -0.1) is 0 Å². The van der Waals surface area contributed by atoms with Gasteiger partial charge in [-0.05, 0) is 55.8 Å². The Morgan fingerprint density at radius 2 is 1.61 bits per heavy atom. The van der Waals surface area contributed by atoms with Gasteiger partial charge >= 0.3 is 5.97 Å². The third-order valence-corrected chi connectivity index (χ3v) is 6.85. The van der Waals surface area contributed by atoms with Gasteiger partial charge in [0.25, 0.3) is 15.9 Å². The number of rotatable bonds is 10. The summed E-state index contributed by atoms with van der Waals surface area (Å²) < 4.78 is 37.7. The van der Waals surface area contributed by atoms with Gasteiger partial charge in [-0.25, -0.2) is 18.6 Å². The number of nitrogens with zero attached hydrogens (tertiary/aromatic N) is 2. The van der Waals surface area contributed by atoms with Gasteiger partial charge in [0.1, 0.15) is 12.3 Å². The van der Waals surface area contributed by atoms with Crippen LogP contribution in [0.15, 0.2) is 82.8 Å². The molecule has 3 aromatic carbocycles. The van der Waals surface area contributed by atoms with Crippen LogP contribution < -0.4 is 14.5 Å². The molecular weight excluding hydrogens is 482 g/mol. The maximum absolute atomic E-state index is 13.4. The summed E-state index contributed by atoms with van der Waals surface area (Å²) in [6.45, 7) is 3.04. The molecule has 0 aliphatic heterocycles. The number of aryl methyl sites for hydroxylation is 2. The molecule has 0 radical (unpaired) electrons. The molecule has 1 N–H and O–H groups in total. The minimum atomic E-state index is -4.01. The molecule has 3 rings (SSSR count). The van der Waals surface area contributed by atoms with Crippen LogP contribution in [0.4, 0.5) is 5.69 Å². The summed E-state index contributed by atoms with van der Waals surface area (Å²) in [5.41, 5.74) is 5.19. The van der Waals surface area contributed by atoms with Crippen molar-refractivity contribution < 1.29 is 27.5 Å². The zero-order valence-electron chi connectivity index (χ0n) is 20.2. The van der Waals surface area contributed by atoms with Gasteiger partial charge in [-0.1, -0.05) is 47.5 Å². The normalized spacial score (nSPS) is 11.2. The van der Waals surface area contributed by atoms with Crippen molar-refractivity contribution in [3.8, 4) is 5.75 Å². The van der Waals surface area contributed by atoms with E-state index in [1.54, 1.807) is 60.7 Å². The molecule has 188 valence electrons. The van der Waals surface area contributed by atoms with Crippen LogP contribution in [0, 0.1) is 13.8 Å². The number of hydrogen-bond acceptors (Lipinski definition) is 7. The molecule has 0 saturated heterocycles. The molecule has 36 heavy (non-hydrogen) atoms. The average molecular weight is 510 g/mol. The van der Waals surface area contributed by atoms with Crippen LogP contribution in [-0.4, -0.2) is 46.8 Å². The van der Waals surface area contributed by atoms with E-state index in [4.69, 9.17) is 4.74 Å². The van der Waals surface area contributed by atoms with Crippen LogP contribution >= 0.6 is 0 Å². The van der Waals surface area contributed by atoms with E-state index in [1.165, 1.54) is 25.5 Å². The smallest absolute Gasteiger partial charge is 0.343 e. The molecule has 9 nitrogen and oxygen atoms in total. The highest BCUT2D eigenvalue weighted by molar-refractivity contribution is 7.92. The van der Waals surface area contributed by atoms with E-state index >= 15 is 0 Å². The van der Waals surface area contributed by atoms with Gasteiger partial charge < -0.3 is 9.47 Å². The van der Waals surface area contributed by atoms with E-state index in [0.29, 0.717) is 17.0 Å². The average Bonchev–Trinajstić information content (AvgIpc) is 2.87. The third kappa shape index (κ3) is 7.16. The predicted molar refractivity (Wildman–Crippen MR) is 137 cm³/mol. The van der Waals surface area contributed by atoms with Crippen LogP contribution in [0.2, 0.25) is 0 Å². The topological polar surface area (TPSA) is 114 Å². The van der Waals surface area contributed by atoms with Crippen LogP contribution in [0.25, 0.3) is 0 Å². The maximum Gasteiger partial charge on any atom is 0.343 e. The summed E-state index contributed by atoms with van der Waals surface area (Å²) in [5.74, 6) is -0.717. The number of esters is 1. The van der Waals surface area contributed by atoms with Crippen molar-refractivity contribution in [2.24, 2.45) is 5.10 Å². The van der Waals surface area contributed by atoms with E-state index in [2.05, 4.69) is 15.3 Å². The van der Waals surface area contributed by atoms with E-state index in [0.717, 1.165) is 15.4 Å². The molecule has 0 spiro atoms. The summed E-state index contributed by atoms with van der Waals surface area (Å²) in [5, 5.41) is 3.93. The monoisotopic (exact) mass is 509 g/mol. The zero-order valence-corrected chi connectivity index (χ0v) is 21.0. The van der Waals surface area contributed by atoms with Crippen molar-refractivity contribution in [3.63, 3.8) is 0 Å². The standard InChI is InChI=1S/C26H27N3O6S/c1-19-7-11-22(12-8-19)29(36(32,33)24-13-9-20(2)10-14-24)17-25(30)28-27-16-21-5-4-6-23(15-21)35-18-26(31)34-3/h4-16H,17-18H2,1-3H3,(H,28,30). The fourth-order valence-electron chi connectivity index (χ4n) is 3.09. The molecule has 0 saturated carbocycles. The van der Waals surface area contributed by atoms with Crippen LogP contribution in [0.5, 0.6) is 5.75 Å². The van der Waals surface area contributed by atoms with Crippen molar-refractivity contribution in [1.29, 1.82) is 0 Å². The van der Waals surface area contributed by atoms with Gasteiger partial charge in [-0.2, -0.15) is 5.10 Å². The van der Waals surface area contributed by atoms with Gasteiger partial charge in [0, 0.05) is 0 Å². The van der Waals surface area contributed by atoms with Crippen LogP contribution in [-0.2, 0) is 24.3 Å². The number of carbonyl (C=O) groups is 2. The molecule has 0 fully saturated rings. The lowest BCUT2D eigenvalue weighted by Gasteiger charge is -2.24. The van der Waals surface area contributed by atoms with E-state index in [9.17, 15) is 18.0 Å². The lowest BCUT2D eigenvalue weighted by Crippen LogP contribution is -2.39. The van der Waals surface area contributed by atoms with Crippen molar-refractivity contribution in [3.05, 3.63) is 89.5 Å². The van der Waals surface area contributed by atoms with E-state index in [1.807, 2.05) is 13.8 Å². The number of nitrogens with one attached hydrogen (secondary N) is 1. The first-order chi connectivity index (χ1) is 17.2. The second-order valence-electron chi connectivity index (χ2n) is 7.89. The Balaban J connectivity index is 1.74. The Kier molecular flexibility index (Phi) is 8.80. The highest BCUT2D eigenvalue weighted by Gasteiger charge is 2.27. The molecule has 0 aliphatic rings. The number of hydrogen-bond donors (Lipinski definition) is 1. The first-order valence-corrected chi connectivity index (χ1v) is 12.4. The SMILES string of the molecule is COC(=O)COc1cccc(C=NNC(=O)CN(c2ccc(C)cc2)S(=O)(=O)c2ccc(C)cc2)c1. The number of sulfonamides is 1. The molecule has 0 atom stereocenters. The molecule has 0 bridgehead atoms. The maximum atomic E-state index is 13.4. The summed E-state index contributed by atoms with van der Waals surface area (Å²) in [7, 11) is -2.74. The second-order valence-corrected chi connectivity index (χ2v) is 9.75. The molecular formula is C26H27N3O6S. The minimum Gasteiger partial charge on any atom is -0.482 e. The molecule has 3 aromatic rings. The molecule has 1 amide bonds. The number of anilines is 1. The Bertz CT molecular complexity index is 1340. The Morgan fingerprint density at radius 1 is 0.972 bits per heavy atom. The third-order valence-electron chi connectivity index (χ3n) is 5.06. The number of carbonyl (C=O) groups excluding carboxylic acids is 2. The predicted octanol–water partition coefficient (Wildman–Crippen LogP) is 3.20.